The molecule has 3 rings (SSSR count). The van der Waals surface area contributed by atoms with Crippen LogP contribution in [0.2, 0.25) is 5.02 Å². The van der Waals surface area contributed by atoms with Gasteiger partial charge >= 0.3 is 0 Å². The number of halogens is 1. The van der Waals surface area contributed by atoms with Gasteiger partial charge in [-0.1, -0.05) is 11.6 Å². The monoisotopic (exact) mass is 361 g/mol. The van der Waals surface area contributed by atoms with E-state index in [2.05, 4.69) is 15.3 Å². The van der Waals surface area contributed by atoms with Gasteiger partial charge in [0.2, 0.25) is 5.95 Å². The fourth-order valence-corrected chi connectivity index (χ4v) is 3.06. The van der Waals surface area contributed by atoms with Crippen LogP contribution in [-0.2, 0) is 0 Å². The molecule has 1 saturated heterocycles. The Morgan fingerprint density at radius 2 is 2.12 bits per heavy atom. The summed E-state index contributed by atoms with van der Waals surface area (Å²) in [6.45, 7) is 1.43. The van der Waals surface area contributed by atoms with Gasteiger partial charge in [0.15, 0.2) is 0 Å². The number of hydrogen-bond donors (Lipinski definition) is 1. The predicted molar refractivity (Wildman–Crippen MR) is 92.8 cm³/mol. The van der Waals surface area contributed by atoms with Crippen molar-refractivity contribution in [2.24, 2.45) is 0 Å². The molecule has 0 spiro atoms. The average molecular weight is 362 g/mol. The summed E-state index contributed by atoms with van der Waals surface area (Å²) in [5.41, 5.74) is 0.0759. The summed E-state index contributed by atoms with van der Waals surface area (Å²) in [4.78, 5) is 33.1. The second-order valence-electron chi connectivity index (χ2n) is 5.73. The molecule has 8 nitrogen and oxygen atoms in total. The first kappa shape index (κ1) is 17.1. The van der Waals surface area contributed by atoms with E-state index in [1.54, 1.807) is 18.5 Å². The summed E-state index contributed by atoms with van der Waals surface area (Å²) in [5, 5.41) is 13.7. The van der Waals surface area contributed by atoms with Crippen LogP contribution >= 0.6 is 11.6 Å². The number of nitrogens with zero attached hydrogens (tertiary/aromatic N) is 4. The van der Waals surface area contributed by atoms with Crippen molar-refractivity contribution in [1.29, 1.82) is 0 Å². The maximum atomic E-state index is 12.4. The van der Waals surface area contributed by atoms with Crippen molar-refractivity contribution < 1.29 is 9.72 Å². The van der Waals surface area contributed by atoms with Crippen LogP contribution in [0.1, 0.15) is 23.2 Å². The van der Waals surface area contributed by atoms with Crippen LogP contribution in [-0.4, -0.2) is 39.9 Å². The maximum absolute atomic E-state index is 12.4. The molecule has 1 aromatic carbocycles. The van der Waals surface area contributed by atoms with Crippen molar-refractivity contribution in [2.45, 2.75) is 18.9 Å². The lowest BCUT2D eigenvalue weighted by Crippen LogP contribution is -2.48. The third-order valence-electron chi connectivity index (χ3n) is 4.00. The lowest BCUT2D eigenvalue weighted by molar-refractivity contribution is -0.384. The van der Waals surface area contributed by atoms with Crippen LogP contribution in [0.15, 0.2) is 36.7 Å². The number of nitro benzene ring substituents is 1. The second-order valence-corrected chi connectivity index (χ2v) is 6.14. The molecule has 0 saturated carbocycles. The number of aromatic nitrogens is 2. The SMILES string of the molecule is O=C(NC1CCCN(c2ncccn2)C1)c1ccc([N+](=O)[O-])cc1Cl. The first-order chi connectivity index (χ1) is 12.0. The number of anilines is 1. The smallest absolute Gasteiger partial charge is 0.270 e. The van der Waals surface area contributed by atoms with E-state index in [-0.39, 0.29) is 28.2 Å². The van der Waals surface area contributed by atoms with E-state index < -0.39 is 4.92 Å². The van der Waals surface area contributed by atoms with E-state index in [0.717, 1.165) is 19.4 Å². The first-order valence-electron chi connectivity index (χ1n) is 7.81. The van der Waals surface area contributed by atoms with Crippen LogP contribution in [0.3, 0.4) is 0 Å². The van der Waals surface area contributed by atoms with Gasteiger partial charge in [-0.05, 0) is 25.0 Å². The summed E-state index contributed by atoms with van der Waals surface area (Å²) >= 11 is 6.01. The van der Waals surface area contributed by atoms with Crippen molar-refractivity contribution in [3.05, 3.63) is 57.4 Å². The zero-order valence-electron chi connectivity index (χ0n) is 13.3. The molecule has 1 amide bonds. The number of nitrogens with one attached hydrogen (secondary N) is 1. The highest BCUT2D eigenvalue weighted by Crippen LogP contribution is 2.23. The van der Waals surface area contributed by atoms with E-state index in [0.29, 0.717) is 12.5 Å². The molecular formula is C16H16ClN5O3. The standard InChI is InChI=1S/C16H16ClN5O3/c17-14-9-12(22(24)25)4-5-13(14)15(23)20-11-3-1-8-21(10-11)16-18-6-2-7-19-16/h2,4-7,9,11H,1,3,8,10H2,(H,20,23). The lowest BCUT2D eigenvalue weighted by atomic mass is 10.1. The van der Waals surface area contributed by atoms with E-state index >= 15 is 0 Å². The van der Waals surface area contributed by atoms with Crippen LogP contribution < -0.4 is 10.2 Å². The van der Waals surface area contributed by atoms with E-state index in [9.17, 15) is 14.9 Å². The van der Waals surface area contributed by atoms with Crippen LogP contribution in [0.5, 0.6) is 0 Å². The summed E-state index contributed by atoms with van der Waals surface area (Å²) in [5.74, 6) is 0.288. The highest BCUT2D eigenvalue weighted by Gasteiger charge is 2.24. The number of carbonyl (C=O) groups excluding carboxylic acids is 1. The Kier molecular flexibility index (Phi) is 5.08. The molecule has 130 valence electrons. The molecule has 0 radical (unpaired) electrons. The quantitative estimate of drug-likeness (QED) is 0.663. The Balaban J connectivity index is 1.67. The molecule has 9 heteroatoms. The number of rotatable bonds is 4. The van der Waals surface area contributed by atoms with Gasteiger partial charge in [-0.15, -0.1) is 0 Å². The summed E-state index contributed by atoms with van der Waals surface area (Å²) in [7, 11) is 0. The normalized spacial score (nSPS) is 17.2. The molecule has 25 heavy (non-hydrogen) atoms. The average Bonchev–Trinajstić information content (AvgIpc) is 2.62. The fourth-order valence-electron chi connectivity index (χ4n) is 2.80. The third-order valence-corrected chi connectivity index (χ3v) is 4.31. The number of piperidine rings is 1. The minimum atomic E-state index is -0.549. The first-order valence-corrected chi connectivity index (χ1v) is 8.19. The van der Waals surface area contributed by atoms with Crippen LogP contribution in [0.4, 0.5) is 11.6 Å². The van der Waals surface area contributed by atoms with E-state index in [4.69, 9.17) is 11.6 Å². The molecule has 1 aliphatic rings. The van der Waals surface area contributed by atoms with Gasteiger partial charge in [0.25, 0.3) is 11.6 Å². The molecule has 1 fully saturated rings. The van der Waals surface area contributed by atoms with Crippen molar-refractivity contribution in [2.75, 3.05) is 18.0 Å². The molecule has 1 aliphatic heterocycles. The number of non-ortho nitro benzene ring substituents is 1. The Labute approximate surface area is 149 Å². The Morgan fingerprint density at radius 3 is 2.80 bits per heavy atom. The number of amides is 1. The van der Waals surface area contributed by atoms with Gasteiger partial charge in [-0.25, -0.2) is 9.97 Å². The summed E-state index contributed by atoms with van der Waals surface area (Å²) in [6, 6.07) is 5.50. The molecule has 1 N–H and O–H groups in total. The summed E-state index contributed by atoms with van der Waals surface area (Å²) in [6.07, 6.45) is 5.10. The van der Waals surface area contributed by atoms with Gasteiger partial charge in [-0.2, -0.15) is 0 Å². The molecule has 1 aromatic heterocycles. The Bertz CT molecular complexity index is 787. The van der Waals surface area contributed by atoms with E-state index in [1.165, 1.54) is 18.2 Å². The lowest BCUT2D eigenvalue weighted by Gasteiger charge is -2.33. The van der Waals surface area contributed by atoms with Gasteiger partial charge in [0, 0.05) is 43.7 Å². The van der Waals surface area contributed by atoms with Crippen molar-refractivity contribution in [3.63, 3.8) is 0 Å². The van der Waals surface area contributed by atoms with Gasteiger partial charge in [-0.3, -0.25) is 14.9 Å². The Hall–Kier alpha value is -2.74. The predicted octanol–water partition coefficient (Wildman–Crippen LogP) is 2.44. The van der Waals surface area contributed by atoms with Crippen molar-refractivity contribution >= 4 is 29.1 Å². The fraction of sp³-hybridized carbons (Fsp3) is 0.312. The molecule has 1 unspecified atom stereocenters. The molecule has 0 aliphatic carbocycles. The zero-order valence-corrected chi connectivity index (χ0v) is 14.0. The van der Waals surface area contributed by atoms with E-state index in [1.807, 2.05) is 4.90 Å². The highest BCUT2D eigenvalue weighted by molar-refractivity contribution is 6.34. The zero-order chi connectivity index (χ0) is 17.8. The number of benzene rings is 1. The van der Waals surface area contributed by atoms with Crippen LogP contribution in [0, 0.1) is 10.1 Å². The highest BCUT2D eigenvalue weighted by atomic mass is 35.5. The van der Waals surface area contributed by atoms with Crippen LogP contribution in [0.25, 0.3) is 0 Å². The largest absolute Gasteiger partial charge is 0.347 e. The maximum Gasteiger partial charge on any atom is 0.270 e. The molecule has 2 aromatic rings. The molecule has 2 heterocycles. The summed E-state index contributed by atoms with van der Waals surface area (Å²) < 4.78 is 0. The van der Waals surface area contributed by atoms with Crippen molar-refractivity contribution in [3.8, 4) is 0 Å². The molecule has 1 atom stereocenters. The third kappa shape index (κ3) is 4.03. The molecular weight excluding hydrogens is 346 g/mol. The number of nitro groups is 1. The number of carbonyl (C=O) groups is 1. The Morgan fingerprint density at radius 1 is 1.36 bits per heavy atom. The minimum Gasteiger partial charge on any atom is -0.347 e. The topological polar surface area (TPSA) is 101 Å². The molecule has 0 bridgehead atoms. The van der Waals surface area contributed by atoms with Gasteiger partial charge in [0.1, 0.15) is 0 Å². The van der Waals surface area contributed by atoms with Gasteiger partial charge < -0.3 is 10.2 Å². The second kappa shape index (κ2) is 7.43. The minimum absolute atomic E-state index is 0.0609. The number of hydrogen-bond acceptors (Lipinski definition) is 6. The van der Waals surface area contributed by atoms with Crippen molar-refractivity contribution in [1.82, 2.24) is 15.3 Å². The van der Waals surface area contributed by atoms with Gasteiger partial charge in [0.05, 0.1) is 15.5 Å².